The van der Waals surface area contributed by atoms with Crippen LogP contribution >= 0.6 is 0 Å². The van der Waals surface area contributed by atoms with Crippen molar-refractivity contribution in [2.45, 2.75) is 39.2 Å². The van der Waals surface area contributed by atoms with E-state index in [0.717, 1.165) is 18.7 Å². The third kappa shape index (κ3) is 2.86. The summed E-state index contributed by atoms with van der Waals surface area (Å²) in [7, 11) is 0. The molecule has 92 valence electrons. The van der Waals surface area contributed by atoms with Crippen molar-refractivity contribution in [3.63, 3.8) is 0 Å². The lowest BCUT2D eigenvalue weighted by atomic mass is 10.0. The fourth-order valence-corrected chi connectivity index (χ4v) is 2.35. The van der Waals surface area contributed by atoms with Crippen molar-refractivity contribution >= 4 is 5.84 Å². The van der Waals surface area contributed by atoms with Crippen LogP contribution in [0.4, 0.5) is 0 Å². The molecule has 0 saturated heterocycles. The Bertz CT molecular complexity index is 404. The van der Waals surface area contributed by atoms with E-state index < -0.39 is 0 Å². The molecule has 0 amide bonds. The zero-order chi connectivity index (χ0) is 12.5. The van der Waals surface area contributed by atoms with Gasteiger partial charge in [-0.15, -0.1) is 0 Å². The van der Waals surface area contributed by atoms with Crippen molar-refractivity contribution < 1.29 is 0 Å². The summed E-state index contributed by atoms with van der Waals surface area (Å²) >= 11 is 0. The zero-order valence-electron chi connectivity index (χ0n) is 10.8. The van der Waals surface area contributed by atoms with Crippen molar-refractivity contribution in [3.05, 3.63) is 35.4 Å². The first-order valence-electron chi connectivity index (χ1n) is 6.13. The normalized spacial score (nSPS) is 17.1. The number of benzene rings is 1. The molecule has 1 aliphatic carbocycles. The van der Waals surface area contributed by atoms with Crippen molar-refractivity contribution in [2.75, 3.05) is 0 Å². The van der Waals surface area contributed by atoms with Crippen LogP contribution in [0.1, 0.15) is 31.9 Å². The van der Waals surface area contributed by atoms with Crippen LogP contribution in [0.3, 0.4) is 0 Å². The minimum Gasteiger partial charge on any atom is -0.312 e. The fraction of sp³-hybridized carbons (Fsp3) is 0.500. The zero-order valence-corrected chi connectivity index (χ0v) is 10.8. The topological polar surface area (TPSA) is 50.4 Å². The molecule has 0 heterocycles. The molecule has 0 fully saturated rings. The Morgan fingerprint density at radius 3 is 2.18 bits per heavy atom. The molecule has 2 rings (SSSR count). The van der Waals surface area contributed by atoms with Crippen LogP contribution in [-0.2, 0) is 12.8 Å². The molecule has 0 bridgehead atoms. The first-order valence-corrected chi connectivity index (χ1v) is 6.13. The number of aliphatic imine (C=N–C) groups is 1. The molecule has 0 atom stereocenters. The van der Waals surface area contributed by atoms with Crippen LogP contribution in [0.5, 0.6) is 0 Å². The van der Waals surface area contributed by atoms with Gasteiger partial charge >= 0.3 is 0 Å². The largest absolute Gasteiger partial charge is 0.312 e. The van der Waals surface area contributed by atoms with Gasteiger partial charge in [0.15, 0.2) is 0 Å². The number of hydrogen-bond acceptors (Lipinski definition) is 2. The summed E-state index contributed by atoms with van der Waals surface area (Å²) in [5.74, 6) is 6.94. The van der Waals surface area contributed by atoms with E-state index in [2.05, 4.69) is 55.5 Å². The first kappa shape index (κ1) is 12.1. The van der Waals surface area contributed by atoms with Crippen molar-refractivity contribution in [1.82, 2.24) is 5.43 Å². The van der Waals surface area contributed by atoms with Crippen LogP contribution in [0.25, 0.3) is 0 Å². The predicted octanol–water partition coefficient (Wildman–Crippen LogP) is 2.06. The van der Waals surface area contributed by atoms with E-state index in [4.69, 9.17) is 5.84 Å². The molecular formula is C14H21N3. The predicted molar refractivity (Wildman–Crippen MR) is 71.9 cm³/mol. The third-order valence-corrected chi connectivity index (χ3v) is 3.04. The number of hydrogen-bond donors (Lipinski definition) is 2. The molecule has 0 aromatic heterocycles. The number of nitrogens with one attached hydrogen (secondary N) is 1. The maximum absolute atomic E-state index is 5.61. The summed E-state index contributed by atoms with van der Waals surface area (Å²) in [6.07, 6.45) is 2.07. The Morgan fingerprint density at radius 2 is 1.76 bits per heavy atom. The molecule has 0 unspecified atom stereocenters. The molecule has 0 saturated carbocycles. The lowest BCUT2D eigenvalue weighted by Gasteiger charge is -2.19. The van der Waals surface area contributed by atoms with Gasteiger partial charge in [0, 0.05) is 5.92 Å². The van der Waals surface area contributed by atoms with Crippen molar-refractivity contribution in [2.24, 2.45) is 16.8 Å². The maximum Gasteiger partial charge on any atom is 0.115 e. The molecular weight excluding hydrogens is 210 g/mol. The molecule has 1 aliphatic rings. The molecule has 1 aromatic rings. The van der Waals surface area contributed by atoms with Gasteiger partial charge in [0.2, 0.25) is 0 Å². The van der Waals surface area contributed by atoms with Gasteiger partial charge in [0.05, 0.1) is 5.54 Å². The van der Waals surface area contributed by atoms with Gasteiger partial charge < -0.3 is 5.43 Å². The quantitative estimate of drug-likeness (QED) is 0.336. The molecule has 3 N–H and O–H groups in total. The highest BCUT2D eigenvalue weighted by Crippen LogP contribution is 2.27. The lowest BCUT2D eigenvalue weighted by Crippen LogP contribution is -2.38. The average Bonchev–Trinajstić information content (AvgIpc) is 2.67. The van der Waals surface area contributed by atoms with Gasteiger partial charge in [-0.25, -0.2) is 5.84 Å². The van der Waals surface area contributed by atoms with Crippen LogP contribution in [0.2, 0.25) is 0 Å². The first-order chi connectivity index (χ1) is 7.99. The van der Waals surface area contributed by atoms with Crippen molar-refractivity contribution in [1.29, 1.82) is 0 Å². The molecule has 0 spiro atoms. The Morgan fingerprint density at radius 1 is 1.24 bits per heavy atom. The Labute approximate surface area is 103 Å². The molecule has 0 aliphatic heterocycles. The van der Waals surface area contributed by atoms with Crippen LogP contribution in [0.15, 0.2) is 29.3 Å². The second-order valence-electron chi connectivity index (χ2n) is 5.69. The summed E-state index contributed by atoms with van der Waals surface area (Å²) in [6, 6.07) is 8.58. The number of amidine groups is 1. The Balaban J connectivity index is 2.19. The number of nitrogens with two attached hydrogens (primary N) is 1. The Hall–Kier alpha value is -1.35. The van der Waals surface area contributed by atoms with Gasteiger partial charge in [-0.3, -0.25) is 4.99 Å². The molecule has 3 heteroatoms. The highest BCUT2D eigenvalue weighted by Gasteiger charge is 2.26. The van der Waals surface area contributed by atoms with E-state index in [-0.39, 0.29) is 5.54 Å². The highest BCUT2D eigenvalue weighted by atomic mass is 15.3. The standard InChI is InChI=1S/C14H21N3/c1-14(2,3)16-13(17-15)12-8-10-6-4-5-7-11(10)9-12/h4-7,12H,8-9,15H2,1-3H3,(H,16,17). The molecule has 17 heavy (non-hydrogen) atoms. The third-order valence-electron chi connectivity index (χ3n) is 3.04. The summed E-state index contributed by atoms with van der Waals surface area (Å²) in [5.41, 5.74) is 5.55. The van der Waals surface area contributed by atoms with Gasteiger partial charge in [-0.05, 0) is 44.7 Å². The number of hydrazine groups is 1. The summed E-state index contributed by atoms with van der Waals surface area (Å²) in [4.78, 5) is 4.67. The van der Waals surface area contributed by atoms with Gasteiger partial charge in [-0.1, -0.05) is 24.3 Å². The Kier molecular flexibility index (Phi) is 3.20. The summed E-state index contributed by atoms with van der Waals surface area (Å²) < 4.78 is 0. The number of nitrogens with zero attached hydrogens (tertiary/aromatic N) is 1. The smallest absolute Gasteiger partial charge is 0.115 e. The monoisotopic (exact) mass is 231 g/mol. The lowest BCUT2D eigenvalue weighted by molar-refractivity contribution is 0.564. The highest BCUT2D eigenvalue weighted by molar-refractivity contribution is 5.85. The molecule has 3 nitrogen and oxygen atoms in total. The minimum absolute atomic E-state index is 0.0868. The SMILES string of the molecule is CC(C)(C)N=C(NN)C1Cc2ccccc2C1. The van der Waals surface area contributed by atoms with E-state index in [9.17, 15) is 0 Å². The van der Waals surface area contributed by atoms with E-state index >= 15 is 0 Å². The van der Waals surface area contributed by atoms with E-state index in [1.807, 2.05) is 0 Å². The second-order valence-corrected chi connectivity index (χ2v) is 5.69. The maximum atomic E-state index is 5.61. The summed E-state index contributed by atoms with van der Waals surface area (Å²) in [5, 5.41) is 0. The minimum atomic E-state index is -0.0868. The average molecular weight is 231 g/mol. The van der Waals surface area contributed by atoms with Crippen molar-refractivity contribution in [3.8, 4) is 0 Å². The van der Waals surface area contributed by atoms with Crippen LogP contribution in [-0.4, -0.2) is 11.4 Å². The second kappa shape index (κ2) is 4.49. The van der Waals surface area contributed by atoms with E-state index in [0.29, 0.717) is 5.92 Å². The summed E-state index contributed by atoms with van der Waals surface area (Å²) in [6.45, 7) is 6.27. The van der Waals surface area contributed by atoms with Crippen LogP contribution < -0.4 is 11.3 Å². The van der Waals surface area contributed by atoms with E-state index in [1.165, 1.54) is 11.1 Å². The number of rotatable bonds is 1. The van der Waals surface area contributed by atoms with Crippen LogP contribution in [0, 0.1) is 5.92 Å². The van der Waals surface area contributed by atoms with Gasteiger partial charge in [0.25, 0.3) is 0 Å². The van der Waals surface area contributed by atoms with E-state index in [1.54, 1.807) is 0 Å². The van der Waals surface area contributed by atoms with Gasteiger partial charge in [-0.2, -0.15) is 0 Å². The molecule has 0 radical (unpaired) electrons. The molecule has 1 aromatic carbocycles. The number of fused-ring (bicyclic) bond motifs is 1. The fourth-order valence-electron chi connectivity index (χ4n) is 2.35. The van der Waals surface area contributed by atoms with Gasteiger partial charge in [0.1, 0.15) is 5.84 Å².